The molecule has 5 aromatic rings. The Labute approximate surface area is 233 Å². The van der Waals surface area contributed by atoms with Gasteiger partial charge in [0.25, 0.3) is 5.91 Å². The first-order valence-electron chi connectivity index (χ1n) is 13.7. The van der Waals surface area contributed by atoms with Crippen molar-refractivity contribution >= 4 is 17.2 Å². The topological polar surface area (TPSA) is 64.2 Å². The third-order valence-electron chi connectivity index (χ3n) is 4.78. The molecule has 0 fully saturated rings. The van der Waals surface area contributed by atoms with E-state index in [1.807, 2.05) is 131 Å². The third-order valence-corrected chi connectivity index (χ3v) is 4.78. The van der Waals surface area contributed by atoms with E-state index >= 15 is 0 Å². The number of fused-ring (bicyclic) bond motifs is 1. The van der Waals surface area contributed by atoms with Gasteiger partial charge in [-0.1, -0.05) is 79.5 Å². The fourth-order valence-corrected chi connectivity index (χ4v) is 3.26. The molecule has 6 heteroatoms. The molecule has 2 aromatic carbocycles. The van der Waals surface area contributed by atoms with E-state index in [2.05, 4.69) is 27.1 Å². The van der Waals surface area contributed by atoms with Crippen molar-refractivity contribution in [1.82, 2.24) is 18.9 Å². The summed E-state index contributed by atoms with van der Waals surface area (Å²) in [5.41, 5.74) is 4.56. The van der Waals surface area contributed by atoms with Crippen molar-refractivity contribution < 1.29 is 4.79 Å². The highest BCUT2D eigenvalue weighted by molar-refractivity contribution is 6.04. The van der Waals surface area contributed by atoms with Crippen molar-refractivity contribution in [2.24, 2.45) is 0 Å². The number of benzene rings is 2. The number of carbonyl (C=O) groups excluding carboxylic acids is 1. The Morgan fingerprint density at radius 2 is 1.54 bits per heavy atom. The molecule has 0 bridgehead atoms. The molecule has 39 heavy (non-hydrogen) atoms. The predicted octanol–water partition coefficient (Wildman–Crippen LogP) is 8.28. The molecular weight excluding hydrogens is 482 g/mol. The van der Waals surface area contributed by atoms with Gasteiger partial charge in [-0.25, -0.2) is 9.97 Å². The van der Waals surface area contributed by atoms with E-state index < -0.39 is 0 Å². The smallest absolute Gasteiger partial charge is 0.255 e. The lowest BCUT2D eigenvalue weighted by Crippen LogP contribution is -2.12. The number of hydrogen-bond donors (Lipinski definition) is 1. The Hall–Kier alpha value is -4.63. The van der Waals surface area contributed by atoms with Crippen LogP contribution in [0.25, 0.3) is 11.3 Å². The number of nitrogens with one attached hydrogen (secondary N) is 1. The molecule has 3 aromatic heterocycles. The first-order chi connectivity index (χ1) is 19.3. The number of rotatable bonds is 3. The van der Waals surface area contributed by atoms with Crippen molar-refractivity contribution in [3.05, 3.63) is 115 Å². The summed E-state index contributed by atoms with van der Waals surface area (Å²) in [4.78, 5) is 21.2. The van der Waals surface area contributed by atoms with Crippen LogP contribution in [0.15, 0.2) is 97.8 Å². The Balaban J connectivity index is 0.000000874. The average Bonchev–Trinajstić information content (AvgIpc) is 3.71. The van der Waals surface area contributed by atoms with E-state index in [9.17, 15) is 4.79 Å². The minimum absolute atomic E-state index is 0.193. The fraction of sp³-hybridized carbons (Fsp3) is 0.242. The highest BCUT2D eigenvalue weighted by Crippen LogP contribution is 2.16. The molecule has 0 saturated heterocycles. The number of carbonyl (C=O) groups is 1. The van der Waals surface area contributed by atoms with Gasteiger partial charge in [0.05, 0.1) is 12.5 Å². The van der Waals surface area contributed by atoms with Gasteiger partial charge in [0.2, 0.25) is 0 Å². The number of nitrogens with zero attached hydrogens (tertiary/aromatic N) is 4. The second-order valence-electron chi connectivity index (χ2n) is 6.88. The molecule has 0 aliphatic rings. The number of aromatic nitrogens is 4. The van der Waals surface area contributed by atoms with E-state index in [0.29, 0.717) is 11.3 Å². The Kier molecular flexibility index (Phi) is 15.4. The summed E-state index contributed by atoms with van der Waals surface area (Å²) in [7, 11) is 0. The standard InChI is InChI=1S/C25H17N5O.4C2H6/c31-25(28-21-7-4-8-22(16-21)29-14-12-26-18-29)20-6-3-5-19(15-20)10-11-23-17-27-24-9-1-2-13-30(23)24;4*1-2/h1-9,12-18H,(H,28,31);4*1-2H3. The van der Waals surface area contributed by atoms with E-state index in [4.69, 9.17) is 0 Å². The minimum Gasteiger partial charge on any atom is -0.322 e. The summed E-state index contributed by atoms with van der Waals surface area (Å²) < 4.78 is 3.81. The van der Waals surface area contributed by atoms with Crippen LogP contribution in [0.2, 0.25) is 0 Å². The summed E-state index contributed by atoms with van der Waals surface area (Å²) in [5.74, 6) is 6.06. The highest BCUT2D eigenvalue weighted by atomic mass is 16.1. The number of imidazole rings is 2. The summed E-state index contributed by atoms with van der Waals surface area (Å²) >= 11 is 0. The molecule has 0 radical (unpaired) electrons. The van der Waals surface area contributed by atoms with E-state index in [-0.39, 0.29) is 5.91 Å². The SMILES string of the molecule is CC.CC.CC.CC.O=C(Nc1cccc(-n2ccnc2)c1)c1cccc(C#Cc2cnc3ccccn23)c1. The molecule has 0 unspecified atom stereocenters. The van der Waals surface area contributed by atoms with Crippen LogP contribution in [-0.2, 0) is 0 Å². The summed E-state index contributed by atoms with van der Waals surface area (Å²) in [5, 5.41) is 2.95. The van der Waals surface area contributed by atoms with E-state index in [1.165, 1.54) is 0 Å². The largest absolute Gasteiger partial charge is 0.322 e. The predicted molar refractivity (Wildman–Crippen MR) is 165 cm³/mol. The van der Waals surface area contributed by atoms with Crippen LogP contribution in [0.5, 0.6) is 0 Å². The zero-order valence-corrected chi connectivity index (χ0v) is 24.4. The molecule has 0 aliphatic carbocycles. The molecule has 6 nitrogen and oxygen atoms in total. The summed E-state index contributed by atoms with van der Waals surface area (Å²) in [6.45, 7) is 16.0. The lowest BCUT2D eigenvalue weighted by atomic mass is 10.1. The van der Waals surface area contributed by atoms with Gasteiger partial charge in [-0.05, 0) is 54.5 Å². The van der Waals surface area contributed by atoms with Gasteiger partial charge in [0.1, 0.15) is 11.3 Å². The number of hydrogen-bond acceptors (Lipinski definition) is 3. The molecule has 0 saturated carbocycles. The van der Waals surface area contributed by atoms with E-state index in [1.54, 1.807) is 30.9 Å². The molecule has 204 valence electrons. The van der Waals surface area contributed by atoms with Crippen LogP contribution in [-0.4, -0.2) is 24.8 Å². The highest BCUT2D eigenvalue weighted by Gasteiger charge is 2.07. The van der Waals surface area contributed by atoms with Crippen LogP contribution in [0.4, 0.5) is 5.69 Å². The fourth-order valence-electron chi connectivity index (χ4n) is 3.26. The molecule has 3 heterocycles. The van der Waals surface area contributed by atoms with Crippen LogP contribution in [0, 0.1) is 11.8 Å². The zero-order chi connectivity index (χ0) is 29.0. The summed E-state index contributed by atoms with van der Waals surface area (Å²) in [6, 6.07) is 20.7. The maximum absolute atomic E-state index is 12.8. The van der Waals surface area contributed by atoms with Gasteiger partial charge in [0, 0.05) is 41.1 Å². The molecule has 0 aliphatic heterocycles. The number of anilines is 1. The average molecular weight is 524 g/mol. The maximum Gasteiger partial charge on any atom is 0.255 e. The van der Waals surface area contributed by atoms with Gasteiger partial charge >= 0.3 is 0 Å². The molecule has 0 atom stereocenters. The van der Waals surface area contributed by atoms with Crippen molar-refractivity contribution in [3.63, 3.8) is 0 Å². The minimum atomic E-state index is -0.193. The molecule has 5 rings (SSSR count). The maximum atomic E-state index is 12.8. The summed E-state index contributed by atoms with van der Waals surface area (Å²) in [6.07, 6.45) is 8.95. The molecule has 1 N–H and O–H groups in total. The second-order valence-corrected chi connectivity index (χ2v) is 6.88. The first-order valence-corrected chi connectivity index (χ1v) is 13.7. The Bertz CT molecular complexity index is 1440. The van der Waals surface area contributed by atoms with Crippen molar-refractivity contribution in [2.75, 3.05) is 5.32 Å². The van der Waals surface area contributed by atoms with Gasteiger partial charge in [0.15, 0.2) is 0 Å². The van der Waals surface area contributed by atoms with Crippen molar-refractivity contribution in [3.8, 4) is 17.5 Å². The van der Waals surface area contributed by atoms with Gasteiger partial charge in [-0.3, -0.25) is 9.20 Å². The molecular formula is C33H41N5O. The number of pyridine rings is 1. The van der Waals surface area contributed by atoms with E-state index in [0.717, 1.165) is 22.6 Å². The quantitative estimate of drug-likeness (QED) is 0.242. The van der Waals surface area contributed by atoms with Gasteiger partial charge in [-0.15, -0.1) is 0 Å². The normalized spacial score (nSPS) is 8.92. The lowest BCUT2D eigenvalue weighted by Gasteiger charge is -2.08. The second kappa shape index (κ2) is 18.6. The van der Waals surface area contributed by atoms with Crippen LogP contribution in [0.3, 0.4) is 0 Å². The number of amides is 1. The Morgan fingerprint density at radius 3 is 2.26 bits per heavy atom. The van der Waals surface area contributed by atoms with Gasteiger partial charge in [-0.2, -0.15) is 0 Å². The van der Waals surface area contributed by atoms with Crippen molar-refractivity contribution in [1.29, 1.82) is 0 Å². The lowest BCUT2D eigenvalue weighted by molar-refractivity contribution is 0.102. The Morgan fingerprint density at radius 1 is 0.795 bits per heavy atom. The van der Waals surface area contributed by atoms with Crippen molar-refractivity contribution in [2.45, 2.75) is 55.4 Å². The van der Waals surface area contributed by atoms with Crippen LogP contribution >= 0.6 is 0 Å². The molecule has 0 spiro atoms. The molecule has 1 amide bonds. The zero-order valence-electron chi connectivity index (χ0n) is 24.4. The van der Waals surface area contributed by atoms with Crippen LogP contribution in [0.1, 0.15) is 77.0 Å². The monoisotopic (exact) mass is 523 g/mol. The first kappa shape index (κ1) is 32.4. The third kappa shape index (κ3) is 9.32. The van der Waals surface area contributed by atoms with Gasteiger partial charge < -0.3 is 9.88 Å². The van der Waals surface area contributed by atoms with Crippen LogP contribution < -0.4 is 5.32 Å².